The van der Waals surface area contributed by atoms with Crippen LogP contribution in [0.4, 0.5) is 0 Å². The topological polar surface area (TPSA) is 59.6 Å². The van der Waals surface area contributed by atoms with Crippen molar-refractivity contribution in [1.82, 2.24) is 10.6 Å². The van der Waals surface area contributed by atoms with Crippen LogP contribution < -0.4 is 10.6 Å². The maximum absolute atomic E-state index is 11.2. The van der Waals surface area contributed by atoms with E-state index < -0.39 is 0 Å². The summed E-state index contributed by atoms with van der Waals surface area (Å²) in [5.41, 5.74) is -0.183. The van der Waals surface area contributed by atoms with Gasteiger partial charge in [0.2, 0.25) is 5.91 Å². The molecule has 17 heavy (non-hydrogen) atoms. The molecule has 0 spiro atoms. The van der Waals surface area contributed by atoms with Gasteiger partial charge in [0.1, 0.15) is 6.61 Å². The van der Waals surface area contributed by atoms with Gasteiger partial charge in [0, 0.05) is 13.1 Å². The highest BCUT2D eigenvalue weighted by atomic mass is 16.5. The normalized spacial score (nSPS) is 22.8. The molecular formula is C12H20N2O3. The fraction of sp³-hybridized carbons (Fsp3) is 0.750. The molecule has 2 N–H and O–H groups in total. The SMILES string of the molecule is C#CCNC(=O)COCC1CNCC(C)(C)O1. The van der Waals surface area contributed by atoms with Crippen LogP contribution in [0.1, 0.15) is 13.8 Å². The number of ether oxygens (including phenoxy) is 2. The van der Waals surface area contributed by atoms with Gasteiger partial charge in [0.05, 0.1) is 24.9 Å². The second kappa shape index (κ2) is 6.60. The quantitative estimate of drug-likeness (QED) is 0.637. The monoisotopic (exact) mass is 240 g/mol. The van der Waals surface area contributed by atoms with Gasteiger partial charge in [-0.3, -0.25) is 4.79 Å². The molecule has 1 amide bonds. The number of morpholine rings is 1. The molecule has 0 aromatic rings. The molecular weight excluding hydrogens is 220 g/mol. The Bertz CT molecular complexity index is 297. The summed E-state index contributed by atoms with van der Waals surface area (Å²) >= 11 is 0. The Hall–Kier alpha value is -1.09. The second-order valence-electron chi connectivity index (χ2n) is 4.63. The number of rotatable bonds is 5. The first-order chi connectivity index (χ1) is 8.03. The summed E-state index contributed by atoms with van der Waals surface area (Å²) in [6.07, 6.45) is 5.00. The van der Waals surface area contributed by atoms with E-state index in [1.807, 2.05) is 13.8 Å². The molecule has 5 nitrogen and oxygen atoms in total. The highest BCUT2D eigenvalue weighted by molar-refractivity contribution is 5.77. The Morgan fingerprint density at radius 3 is 3.12 bits per heavy atom. The number of hydrogen-bond donors (Lipinski definition) is 2. The molecule has 1 fully saturated rings. The molecule has 1 rings (SSSR count). The molecule has 1 aliphatic heterocycles. The van der Waals surface area contributed by atoms with Crippen LogP contribution in [-0.4, -0.2) is 50.5 Å². The van der Waals surface area contributed by atoms with Gasteiger partial charge < -0.3 is 20.1 Å². The van der Waals surface area contributed by atoms with Crippen molar-refractivity contribution < 1.29 is 14.3 Å². The maximum atomic E-state index is 11.2. The third kappa shape index (κ3) is 5.68. The lowest BCUT2D eigenvalue weighted by molar-refractivity contribution is -0.135. The molecule has 1 heterocycles. The fourth-order valence-electron chi connectivity index (χ4n) is 1.65. The van der Waals surface area contributed by atoms with E-state index in [0.29, 0.717) is 6.61 Å². The summed E-state index contributed by atoms with van der Waals surface area (Å²) in [5, 5.41) is 5.80. The molecule has 0 radical (unpaired) electrons. The number of hydrogen-bond acceptors (Lipinski definition) is 4. The fourth-order valence-corrected chi connectivity index (χ4v) is 1.65. The van der Waals surface area contributed by atoms with Gasteiger partial charge >= 0.3 is 0 Å². The van der Waals surface area contributed by atoms with E-state index in [1.165, 1.54) is 0 Å². The number of carbonyl (C=O) groups excluding carboxylic acids is 1. The van der Waals surface area contributed by atoms with Crippen molar-refractivity contribution in [3.63, 3.8) is 0 Å². The van der Waals surface area contributed by atoms with E-state index >= 15 is 0 Å². The maximum Gasteiger partial charge on any atom is 0.246 e. The largest absolute Gasteiger partial charge is 0.369 e. The van der Waals surface area contributed by atoms with Crippen LogP contribution in [0.15, 0.2) is 0 Å². The summed E-state index contributed by atoms with van der Waals surface area (Å²) in [4.78, 5) is 11.2. The molecule has 0 bridgehead atoms. The Morgan fingerprint density at radius 2 is 2.47 bits per heavy atom. The van der Waals surface area contributed by atoms with Gasteiger partial charge in [-0.25, -0.2) is 0 Å². The minimum absolute atomic E-state index is 0.0146. The molecule has 0 aliphatic carbocycles. The third-order valence-electron chi connectivity index (χ3n) is 2.33. The van der Waals surface area contributed by atoms with Gasteiger partial charge in [0.15, 0.2) is 0 Å². The number of terminal acetylenes is 1. The van der Waals surface area contributed by atoms with Crippen LogP contribution in [-0.2, 0) is 14.3 Å². The molecule has 1 atom stereocenters. The highest BCUT2D eigenvalue weighted by Crippen LogP contribution is 2.15. The summed E-state index contributed by atoms with van der Waals surface area (Å²) in [6.45, 7) is 6.26. The lowest BCUT2D eigenvalue weighted by atomic mass is 10.1. The smallest absolute Gasteiger partial charge is 0.246 e. The molecule has 5 heteroatoms. The van der Waals surface area contributed by atoms with Crippen molar-refractivity contribution in [3.05, 3.63) is 0 Å². The number of amides is 1. The Morgan fingerprint density at radius 1 is 1.71 bits per heavy atom. The summed E-state index contributed by atoms with van der Waals surface area (Å²) in [6, 6.07) is 0. The van der Waals surface area contributed by atoms with E-state index in [4.69, 9.17) is 15.9 Å². The van der Waals surface area contributed by atoms with Crippen LogP contribution in [0.5, 0.6) is 0 Å². The van der Waals surface area contributed by atoms with Gasteiger partial charge in [-0.15, -0.1) is 6.42 Å². The Labute approximate surface area is 102 Å². The van der Waals surface area contributed by atoms with Crippen LogP contribution in [0, 0.1) is 12.3 Å². The predicted molar refractivity (Wildman–Crippen MR) is 64.5 cm³/mol. The molecule has 1 unspecified atom stereocenters. The minimum Gasteiger partial charge on any atom is -0.369 e. The number of carbonyl (C=O) groups is 1. The van der Waals surface area contributed by atoms with Crippen molar-refractivity contribution in [1.29, 1.82) is 0 Å². The van der Waals surface area contributed by atoms with Crippen molar-refractivity contribution in [2.75, 3.05) is 32.8 Å². The average Bonchev–Trinajstić information content (AvgIpc) is 2.25. The lowest BCUT2D eigenvalue weighted by Crippen LogP contribution is -2.52. The average molecular weight is 240 g/mol. The van der Waals surface area contributed by atoms with Gasteiger partial charge in [-0.1, -0.05) is 5.92 Å². The first-order valence-corrected chi connectivity index (χ1v) is 5.70. The van der Waals surface area contributed by atoms with E-state index in [-0.39, 0.29) is 30.8 Å². The zero-order valence-corrected chi connectivity index (χ0v) is 10.4. The van der Waals surface area contributed by atoms with Crippen LogP contribution in [0.25, 0.3) is 0 Å². The first-order valence-electron chi connectivity index (χ1n) is 5.70. The standard InChI is InChI=1S/C12H20N2O3/c1-4-5-14-11(15)8-16-7-10-6-13-9-12(2,3)17-10/h1,10,13H,5-9H2,2-3H3,(H,14,15). The minimum atomic E-state index is -0.203. The zero-order chi connectivity index (χ0) is 12.7. The van der Waals surface area contributed by atoms with E-state index in [2.05, 4.69) is 16.6 Å². The van der Waals surface area contributed by atoms with Crippen LogP contribution in [0.2, 0.25) is 0 Å². The molecule has 96 valence electrons. The van der Waals surface area contributed by atoms with Gasteiger partial charge in [-0.2, -0.15) is 0 Å². The highest BCUT2D eigenvalue weighted by Gasteiger charge is 2.28. The first kappa shape index (κ1) is 14.0. The summed E-state index contributed by atoms with van der Waals surface area (Å²) in [5.74, 6) is 2.12. The van der Waals surface area contributed by atoms with Crippen LogP contribution in [0.3, 0.4) is 0 Å². The number of nitrogens with one attached hydrogen (secondary N) is 2. The molecule has 0 saturated carbocycles. The second-order valence-corrected chi connectivity index (χ2v) is 4.63. The van der Waals surface area contributed by atoms with Crippen molar-refractivity contribution in [3.8, 4) is 12.3 Å². The van der Waals surface area contributed by atoms with Crippen molar-refractivity contribution >= 4 is 5.91 Å². The van der Waals surface area contributed by atoms with E-state index in [9.17, 15) is 4.79 Å². The van der Waals surface area contributed by atoms with Crippen molar-refractivity contribution in [2.24, 2.45) is 0 Å². The molecule has 1 saturated heterocycles. The van der Waals surface area contributed by atoms with E-state index in [1.54, 1.807) is 0 Å². The van der Waals surface area contributed by atoms with Crippen molar-refractivity contribution in [2.45, 2.75) is 25.6 Å². The van der Waals surface area contributed by atoms with E-state index in [0.717, 1.165) is 13.1 Å². The lowest BCUT2D eigenvalue weighted by Gasteiger charge is -2.36. The summed E-state index contributed by atoms with van der Waals surface area (Å²) < 4.78 is 11.1. The van der Waals surface area contributed by atoms with Gasteiger partial charge in [-0.05, 0) is 13.8 Å². The summed E-state index contributed by atoms with van der Waals surface area (Å²) in [7, 11) is 0. The zero-order valence-electron chi connectivity index (χ0n) is 10.4. The van der Waals surface area contributed by atoms with Gasteiger partial charge in [0.25, 0.3) is 0 Å². The third-order valence-corrected chi connectivity index (χ3v) is 2.33. The molecule has 1 aliphatic rings. The predicted octanol–water partition coefficient (Wildman–Crippen LogP) is -0.481. The Balaban J connectivity index is 2.14. The Kier molecular flexibility index (Phi) is 5.42. The molecule has 0 aromatic carbocycles. The van der Waals surface area contributed by atoms with Crippen LogP contribution >= 0.6 is 0 Å². The molecule has 0 aromatic heterocycles.